The number of aliphatic hydroxyl groups is 3. The molecule has 5 unspecified atom stereocenters. The smallest absolute Gasteiger partial charge is 0.305 e. The minimum absolute atomic E-state index is 0. The van der Waals surface area contributed by atoms with E-state index in [1.807, 2.05) is 0 Å². The standard InChI is InChI=1S/C36H43NO15.ClH/c1-16-31(42)21(37-11-6-5-10-25(50-17(2)39)51-18(3)40)12-26(49-16)52-23-14-36(47,24(41)15-38)13-20-28(23)35(46)30-29(33(20)44)32(43)19-8-7-9-22(48-4)27(19)34(30)45;/h7-9,16,21,23,25-26,31,37-38,42,44,46-47H,5-6,10-15H2,1-4H3;1H/t16?,21?,23?,26?,31?,36-;/m0./s1. The third kappa shape index (κ3) is 8.33. The van der Waals surface area contributed by atoms with E-state index in [0.717, 1.165) is 0 Å². The molecule has 0 aromatic heterocycles. The van der Waals surface area contributed by atoms with Crippen molar-refractivity contribution >= 4 is 41.7 Å². The summed E-state index contributed by atoms with van der Waals surface area (Å²) in [4.78, 5) is 63.2. The summed E-state index contributed by atoms with van der Waals surface area (Å²) in [5.41, 5.74) is -3.87. The normalized spacial score (nSPS) is 24.7. The molecule has 290 valence electrons. The largest absolute Gasteiger partial charge is 0.507 e. The first-order valence-corrected chi connectivity index (χ1v) is 16.9. The van der Waals surface area contributed by atoms with Crippen molar-refractivity contribution in [2.45, 2.75) is 102 Å². The lowest BCUT2D eigenvalue weighted by Crippen LogP contribution is -2.54. The average molecular weight is 766 g/mol. The van der Waals surface area contributed by atoms with E-state index in [9.17, 15) is 49.5 Å². The van der Waals surface area contributed by atoms with Gasteiger partial charge in [0.2, 0.25) is 12.1 Å². The number of fused-ring (bicyclic) bond motifs is 3. The van der Waals surface area contributed by atoms with Gasteiger partial charge in [0.25, 0.3) is 0 Å². The molecule has 3 aliphatic rings. The number of ether oxygens (including phenoxy) is 5. The van der Waals surface area contributed by atoms with Crippen molar-refractivity contribution in [3.63, 3.8) is 0 Å². The number of esters is 2. The number of hydrogen-bond donors (Lipinski definition) is 6. The Hall–Kier alpha value is -4.16. The van der Waals surface area contributed by atoms with Gasteiger partial charge in [0, 0.05) is 62.3 Å². The predicted octanol–water partition coefficient (Wildman–Crippen LogP) is 1.68. The molecule has 0 amide bonds. The van der Waals surface area contributed by atoms with Crippen LogP contribution in [0.25, 0.3) is 0 Å². The van der Waals surface area contributed by atoms with Crippen LogP contribution >= 0.6 is 12.4 Å². The summed E-state index contributed by atoms with van der Waals surface area (Å²) >= 11 is 0. The van der Waals surface area contributed by atoms with E-state index in [1.54, 1.807) is 6.92 Å². The molecule has 1 saturated heterocycles. The number of phenolic OH excluding ortho intramolecular Hbond substituents is 2. The van der Waals surface area contributed by atoms with Gasteiger partial charge < -0.3 is 54.5 Å². The number of hydrogen-bond acceptors (Lipinski definition) is 16. The van der Waals surface area contributed by atoms with Crippen LogP contribution in [0.15, 0.2) is 18.2 Å². The molecular formula is C36H44ClNO15. The average Bonchev–Trinajstić information content (AvgIpc) is 3.08. The maximum absolute atomic E-state index is 13.9. The van der Waals surface area contributed by atoms with E-state index in [4.69, 9.17) is 23.7 Å². The molecule has 6 atom stereocenters. The third-order valence-corrected chi connectivity index (χ3v) is 9.63. The molecule has 1 fully saturated rings. The van der Waals surface area contributed by atoms with Gasteiger partial charge >= 0.3 is 11.9 Å². The molecule has 2 aliphatic carbocycles. The monoisotopic (exact) mass is 765 g/mol. The van der Waals surface area contributed by atoms with Crippen molar-refractivity contribution in [1.82, 2.24) is 5.32 Å². The minimum Gasteiger partial charge on any atom is -0.507 e. The predicted molar refractivity (Wildman–Crippen MR) is 184 cm³/mol. The number of methoxy groups -OCH3 is 1. The lowest BCUT2D eigenvalue weighted by molar-refractivity contribution is -0.249. The van der Waals surface area contributed by atoms with Gasteiger partial charge in [-0.2, -0.15) is 0 Å². The van der Waals surface area contributed by atoms with E-state index in [2.05, 4.69) is 5.32 Å². The molecule has 0 bridgehead atoms. The first-order chi connectivity index (χ1) is 24.6. The molecule has 0 spiro atoms. The number of rotatable bonds is 13. The van der Waals surface area contributed by atoms with E-state index in [0.29, 0.717) is 19.4 Å². The molecule has 6 N–H and O–H groups in total. The van der Waals surface area contributed by atoms with Crippen molar-refractivity contribution in [3.05, 3.63) is 51.6 Å². The Morgan fingerprint density at radius 2 is 1.68 bits per heavy atom. The minimum atomic E-state index is -2.30. The van der Waals surface area contributed by atoms with E-state index in [-0.39, 0.29) is 53.3 Å². The van der Waals surface area contributed by atoms with Gasteiger partial charge in [-0.3, -0.25) is 24.0 Å². The highest BCUT2D eigenvalue weighted by molar-refractivity contribution is 6.31. The molecule has 5 rings (SSSR count). The second kappa shape index (κ2) is 16.9. The molecule has 2 aromatic rings. The fourth-order valence-electron chi connectivity index (χ4n) is 7.15. The van der Waals surface area contributed by atoms with Crippen LogP contribution in [0.1, 0.15) is 102 Å². The molecule has 1 aliphatic heterocycles. The van der Waals surface area contributed by atoms with Crippen LogP contribution in [0.2, 0.25) is 0 Å². The highest BCUT2D eigenvalue weighted by atomic mass is 35.5. The Morgan fingerprint density at radius 3 is 2.30 bits per heavy atom. The molecular weight excluding hydrogens is 722 g/mol. The highest BCUT2D eigenvalue weighted by Gasteiger charge is 2.50. The number of aliphatic hydroxyl groups excluding tert-OH is 2. The second-order valence-electron chi connectivity index (χ2n) is 13.2. The van der Waals surface area contributed by atoms with Crippen LogP contribution in [-0.2, 0) is 39.8 Å². The van der Waals surface area contributed by atoms with Gasteiger partial charge in [-0.05, 0) is 32.4 Å². The molecule has 17 heteroatoms. The Bertz CT molecular complexity index is 1750. The summed E-state index contributed by atoms with van der Waals surface area (Å²) < 4.78 is 27.5. The third-order valence-electron chi connectivity index (χ3n) is 9.63. The first kappa shape index (κ1) is 41.6. The van der Waals surface area contributed by atoms with Gasteiger partial charge in [-0.15, -0.1) is 12.4 Å². The number of benzene rings is 2. The number of halogens is 1. The Kier molecular flexibility index (Phi) is 13.3. The number of unbranched alkanes of at least 4 members (excludes halogenated alkanes) is 1. The topological polar surface area (TPSA) is 245 Å². The zero-order chi connectivity index (χ0) is 38.1. The number of Topliss-reactive ketones (excluding diaryl/α,β-unsaturated/α-hetero) is 1. The lowest BCUT2D eigenvalue weighted by Gasteiger charge is -2.43. The summed E-state index contributed by atoms with van der Waals surface area (Å²) in [5.74, 6) is -5.13. The zero-order valence-electron chi connectivity index (χ0n) is 29.6. The molecule has 1 heterocycles. The molecule has 2 aromatic carbocycles. The van der Waals surface area contributed by atoms with Crippen LogP contribution in [-0.4, -0.2) is 112 Å². The van der Waals surface area contributed by atoms with Crippen molar-refractivity contribution < 1.29 is 73.2 Å². The van der Waals surface area contributed by atoms with Gasteiger partial charge in [0.1, 0.15) is 29.5 Å². The van der Waals surface area contributed by atoms with Crippen LogP contribution in [0.3, 0.4) is 0 Å². The molecule has 0 radical (unpaired) electrons. The van der Waals surface area contributed by atoms with Crippen molar-refractivity contribution in [1.29, 1.82) is 0 Å². The Morgan fingerprint density at radius 1 is 1.02 bits per heavy atom. The zero-order valence-corrected chi connectivity index (χ0v) is 30.4. The van der Waals surface area contributed by atoms with Gasteiger partial charge in [-0.25, -0.2) is 0 Å². The number of carbonyl (C=O) groups excluding carboxylic acids is 5. The highest BCUT2D eigenvalue weighted by Crippen LogP contribution is 2.52. The summed E-state index contributed by atoms with van der Waals surface area (Å²) in [6, 6.07) is 3.74. The molecule has 53 heavy (non-hydrogen) atoms. The van der Waals surface area contributed by atoms with Gasteiger partial charge in [-0.1, -0.05) is 12.1 Å². The summed E-state index contributed by atoms with van der Waals surface area (Å²) in [5, 5.41) is 58.6. The summed E-state index contributed by atoms with van der Waals surface area (Å²) in [7, 11) is 1.31. The number of nitrogens with one attached hydrogen (secondary N) is 1. The molecule has 0 saturated carbocycles. The number of aromatic hydroxyl groups is 2. The maximum Gasteiger partial charge on any atom is 0.305 e. The maximum atomic E-state index is 13.9. The fraction of sp³-hybridized carbons (Fsp3) is 0.528. The second-order valence-corrected chi connectivity index (χ2v) is 13.2. The van der Waals surface area contributed by atoms with Crippen LogP contribution in [0.5, 0.6) is 17.2 Å². The van der Waals surface area contributed by atoms with Crippen molar-refractivity contribution in [2.75, 3.05) is 20.3 Å². The number of carbonyl (C=O) groups is 5. The first-order valence-electron chi connectivity index (χ1n) is 16.9. The number of phenols is 2. The van der Waals surface area contributed by atoms with Crippen molar-refractivity contribution in [3.8, 4) is 17.2 Å². The summed E-state index contributed by atoms with van der Waals surface area (Å²) in [6.07, 6.45) is -5.15. The van der Waals surface area contributed by atoms with Crippen LogP contribution in [0.4, 0.5) is 0 Å². The number of ketones is 3. The van der Waals surface area contributed by atoms with E-state index in [1.165, 1.54) is 39.2 Å². The SMILES string of the molecule is COc1cccc2c1C(=O)c1c(O)c3c(c(O)c1C2=O)C[C@@](O)(C(=O)CO)CC3OC1CC(NCCCCC(OC(C)=O)OC(C)=O)C(O)C(C)O1.Cl. The fourth-order valence-corrected chi connectivity index (χ4v) is 7.15. The van der Waals surface area contributed by atoms with E-state index >= 15 is 0 Å². The van der Waals surface area contributed by atoms with Crippen LogP contribution < -0.4 is 10.1 Å². The van der Waals surface area contributed by atoms with Gasteiger partial charge in [0.05, 0.1) is 42.1 Å². The molecule has 16 nitrogen and oxygen atoms in total. The van der Waals surface area contributed by atoms with Gasteiger partial charge in [0.15, 0.2) is 17.9 Å². The Labute approximate surface area is 310 Å². The quantitative estimate of drug-likeness (QED) is 0.0627. The summed E-state index contributed by atoms with van der Waals surface area (Å²) in [6.45, 7) is 3.34. The van der Waals surface area contributed by atoms with Crippen molar-refractivity contribution in [2.24, 2.45) is 0 Å². The van der Waals surface area contributed by atoms with Crippen LogP contribution in [0, 0.1) is 0 Å². The lowest BCUT2D eigenvalue weighted by atomic mass is 9.72. The van der Waals surface area contributed by atoms with E-state index < -0.39 is 114 Å². The Balaban J connectivity index is 0.00000627.